The molecule has 6 nitrogen and oxygen atoms in total. The predicted molar refractivity (Wildman–Crippen MR) is 92.6 cm³/mol. The molecular formula is C19H14F3NO5. The number of phenolic OH excluding ortho intramolecular Hbond substituents is 1. The summed E-state index contributed by atoms with van der Waals surface area (Å²) in [4.78, 5) is 23.8. The van der Waals surface area contributed by atoms with Gasteiger partial charge in [0.05, 0.1) is 23.9 Å². The molecule has 0 spiro atoms. The van der Waals surface area contributed by atoms with E-state index in [1.54, 1.807) is 6.07 Å². The summed E-state index contributed by atoms with van der Waals surface area (Å²) in [7, 11) is 0. The molecule has 3 rings (SSSR count). The Bertz CT molecular complexity index is 1030. The van der Waals surface area contributed by atoms with Crippen molar-refractivity contribution in [3.05, 3.63) is 59.9 Å². The third-order valence-electron chi connectivity index (χ3n) is 3.84. The molecule has 0 unspecified atom stereocenters. The van der Waals surface area contributed by atoms with Crippen molar-refractivity contribution in [2.45, 2.75) is 12.6 Å². The molecule has 0 saturated heterocycles. The normalized spacial score (nSPS) is 11.4. The Kier molecular flexibility index (Phi) is 5.25. The highest BCUT2D eigenvalue weighted by atomic mass is 19.4. The molecule has 1 heterocycles. The quantitative estimate of drug-likeness (QED) is 0.642. The van der Waals surface area contributed by atoms with E-state index in [2.05, 4.69) is 5.32 Å². The lowest BCUT2D eigenvalue weighted by Gasteiger charge is -2.13. The van der Waals surface area contributed by atoms with E-state index in [1.807, 2.05) is 0 Å². The fraction of sp³-hybridized carbons (Fsp3) is 0.158. The molecule has 0 radical (unpaired) electrons. The van der Waals surface area contributed by atoms with E-state index in [-0.39, 0.29) is 12.2 Å². The number of alkyl halides is 3. The molecule has 0 bridgehead atoms. The summed E-state index contributed by atoms with van der Waals surface area (Å²) in [6.07, 6.45) is -3.51. The Balaban J connectivity index is 1.58. The maximum absolute atomic E-state index is 12.9. The number of esters is 1. The van der Waals surface area contributed by atoms with Crippen LogP contribution in [0.25, 0.3) is 11.0 Å². The van der Waals surface area contributed by atoms with E-state index in [1.165, 1.54) is 30.5 Å². The molecule has 28 heavy (non-hydrogen) atoms. The van der Waals surface area contributed by atoms with Gasteiger partial charge in [-0.1, -0.05) is 12.1 Å². The number of halogens is 3. The molecule has 0 aliphatic carbocycles. The summed E-state index contributed by atoms with van der Waals surface area (Å²) in [5.41, 5.74) is -0.549. The SMILES string of the molecule is O=C(COC(=O)Cc1coc2cc(O)ccc12)Nc1ccccc1C(F)(F)F. The molecule has 0 saturated carbocycles. The van der Waals surface area contributed by atoms with Gasteiger partial charge in [0.1, 0.15) is 11.3 Å². The number of para-hydroxylation sites is 1. The van der Waals surface area contributed by atoms with Gasteiger partial charge in [-0.2, -0.15) is 13.2 Å². The summed E-state index contributed by atoms with van der Waals surface area (Å²) in [6, 6.07) is 8.87. The number of hydrogen-bond donors (Lipinski definition) is 2. The number of hydrogen-bond acceptors (Lipinski definition) is 5. The van der Waals surface area contributed by atoms with E-state index in [0.717, 1.165) is 12.1 Å². The fourth-order valence-electron chi connectivity index (χ4n) is 2.59. The van der Waals surface area contributed by atoms with Crippen molar-refractivity contribution in [2.75, 3.05) is 11.9 Å². The van der Waals surface area contributed by atoms with E-state index in [9.17, 15) is 27.9 Å². The van der Waals surface area contributed by atoms with Gasteiger partial charge in [0.2, 0.25) is 0 Å². The lowest BCUT2D eigenvalue weighted by atomic mass is 10.1. The minimum atomic E-state index is -4.63. The average Bonchev–Trinajstić information content (AvgIpc) is 3.01. The van der Waals surface area contributed by atoms with E-state index in [4.69, 9.17) is 9.15 Å². The number of benzene rings is 2. The van der Waals surface area contributed by atoms with Crippen LogP contribution in [0.3, 0.4) is 0 Å². The number of nitrogens with one attached hydrogen (secondary N) is 1. The first-order chi connectivity index (χ1) is 13.2. The molecule has 9 heteroatoms. The summed E-state index contributed by atoms with van der Waals surface area (Å²) in [5, 5.41) is 12.1. The zero-order chi connectivity index (χ0) is 20.3. The summed E-state index contributed by atoms with van der Waals surface area (Å²) >= 11 is 0. The first-order valence-corrected chi connectivity index (χ1v) is 8.05. The molecule has 1 amide bonds. The topological polar surface area (TPSA) is 88.8 Å². The molecule has 0 aliphatic rings. The number of ether oxygens (including phenoxy) is 1. The molecule has 3 aromatic rings. The van der Waals surface area contributed by atoms with E-state index in [0.29, 0.717) is 16.5 Å². The number of anilines is 1. The Morgan fingerprint density at radius 3 is 2.64 bits per heavy atom. The van der Waals surface area contributed by atoms with Gasteiger partial charge in [-0.3, -0.25) is 9.59 Å². The lowest BCUT2D eigenvalue weighted by Crippen LogP contribution is -2.23. The van der Waals surface area contributed by atoms with E-state index < -0.39 is 35.9 Å². The lowest BCUT2D eigenvalue weighted by molar-refractivity contribution is -0.146. The van der Waals surface area contributed by atoms with Crippen molar-refractivity contribution in [1.82, 2.24) is 0 Å². The second-order valence-electron chi connectivity index (χ2n) is 5.87. The highest BCUT2D eigenvalue weighted by Crippen LogP contribution is 2.34. The zero-order valence-corrected chi connectivity index (χ0v) is 14.2. The molecular weight excluding hydrogens is 379 g/mol. The number of fused-ring (bicyclic) bond motifs is 1. The van der Waals surface area contributed by atoms with Gasteiger partial charge < -0.3 is 19.6 Å². The molecule has 2 aromatic carbocycles. The van der Waals surface area contributed by atoms with Gasteiger partial charge in [-0.15, -0.1) is 0 Å². The molecule has 0 fully saturated rings. The van der Waals surface area contributed by atoms with Crippen LogP contribution >= 0.6 is 0 Å². The van der Waals surface area contributed by atoms with Crippen LogP contribution in [0.4, 0.5) is 18.9 Å². The summed E-state index contributed by atoms with van der Waals surface area (Å²) in [6.45, 7) is -0.735. The van der Waals surface area contributed by atoms with Crippen molar-refractivity contribution in [2.24, 2.45) is 0 Å². The van der Waals surface area contributed by atoms with Gasteiger partial charge in [0.25, 0.3) is 5.91 Å². The number of aromatic hydroxyl groups is 1. The second kappa shape index (κ2) is 7.63. The summed E-state index contributed by atoms with van der Waals surface area (Å²) in [5.74, 6) is -1.64. The fourth-order valence-corrected chi connectivity index (χ4v) is 2.59. The average molecular weight is 393 g/mol. The van der Waals surface area contributed by atoms with Crippen LogP contribution in [-0.2, 0) is 26.9 Å². The van der Waals surface area contributed by atoms with Crippen molar-refractivity contribution < 1.29 is 37.0 Å². The first kappa shape index (κ1) is 19.3. The maximum atomic E-state index is 12.9. The van der Waals surface area contributed by atoms with Crippen LogP contribution in [-0.4, -0.2) is 23.6 Å². The number of phenols is 1. The number of rotatable bonds is 5. The van der Waals surface area contributed by atoms with Crippen LogP contribution in [0.1, 0.15) is 11.1 Å². The zero-order valence-electron chi connectivity index (χ0n) is 14.2. The van der Waals surface area contributed by atoms with Crippen LogP contribution in [0, 0.1) is 0 Å². The molecule has 0 aliphatic heterocycles. The van der Waals surface area contributed by atoms with Crippen LogP contribution in [0.5, 0.6) is 5.75 Å². The highest BCUT2D eigenvalue weighted by Gasteiger charge is 2.33. The number of amides is 1. The molecule has 2 N–H and O–H groups in total. The van der Waals surface area contributed by atoms with Crippen molar-refractivity contribution in [3.63, 3.8) is 0 Å². The maximum Gasteiger partial charge on any atom is 0.418 e. The second-order valence-corrected chi connectivity index (χ2v) is 5.87. The minimum Gasteiger partial charge on any atom is -0.508 e. The summed E-state index contributed by atoms with van der Waals surface area (Å²) < 4.78 is 48.8. The minimum absolute atomic E-state index is 0.00628. The smallest absolute Gasteiger partial charge is 0.418 e. The van der Waals surface area contributed by atoms with Crippen molar-refractivity contribution in [3.8, 4) is 5.75 Å². The monoisotopic (exact) mass is 393 g/mol. The van der Waals surface area contributed by atoms with Crippen molar-refractivity contribution >= 4 is 28.5 Å². The van der Waals surface area contributed by atoms with Gasteiger partial charge >= 0.3 is 12.1 Å². The molecule has 1 aromatic heterocycles. The van der Waals surface area contributed by atoms with Gasteiger partial charge in [0.15, 0.2) is 6.61 Å². The third-order valence-corrected chi connectivity index (χ3v) is 3.84. The Morgan fingerprint density at radius 2 is 1.89 bits per heavy atom. The molecule has 0 atom stereocenters. The van der Waals surface area contributed by atoms with Crippen molar-refractivity contribution in [1.29, 1.82) is 0 Å². The molecule has 146 valence electrons. The van der Waals surface area contributed by atoms with Gasteiger partial charge in [-0.25, -0.2) is 0 Å². The van der Waals surface area contributed by atoms with Crippen LogP contribution in [0.15, 0.2) is 53.1 Å². The Hall–Kier alpha value is -3.49. The Labute approximate surface area is 156 Å². The van der Waals surface area contributed by atoms with E-state index >= 15 is 0 Å². The third kappa shape index (κ3) is 4.43. The van der Waals surface area contributed by atoms with Gasteiger partial charge in [0, 0.05) is 17.0 Å². The Morgan fingerprint density at radius 1 is 1.14 bits per heavy atom. The number of carbonyl (C=O) groups excluding carboxylic acids is 2. The number of carbonyl (C=O) groups is 2. The highest BCUT2D eigenvalue weighted by molar-refractivity contribution is 5.94. The largest absolute Gasteiger partial charge is 0.508 e. The number of furan rings is 1. The first-order valence-electron chi connectivity index (χ1n) is 8.05. The van der Waals surface area contributed by atoms with Crippen LogP contribution < -0.4 is 5.32 Å². The predicted octanol–water partition coefficient (Wildman–Crippen LogP) is 3.88. The standard InChI is InChI=1S/C19H14F3NO5/c20-19(21,22)14-3-1-2-4-15(14)23-17(25)10-28-18(26)7-11-9-27-16-8-12(24)5-6-13(11)16/h1-6,8-9,24H,7,10H2,(H,23,25). The van der Waals surface area contributed by atoms with Crippen LogP contribution in [0.2, 0.25) is 0 Å². The van der Waals surface area contributed by atoms with Gasteiger partial charge in [-0.05, 0) is 24.3 Å².